The maximum Gasteiger partial charge on any atom is 0.414 e. The van der Waals surface area contributed by atoms with E-state index in [2.05, 4.69) is 11.0 Å². The molecule has 0 spiro atoms. The molecule has 1 aliphatic rings. The number of piperazine rings is 1. The Morgan fingerprint density at radius 1 is 0.939 bits per heavy atom. The monoisotopic (exact) mass is 480 g/mol. The summed E-state index contributed by atoms with van der Waals surface area (Å²) >= 11 is 0. The number of carboxylic acids is 2. The minimum atomic E-state index is -3.47. The number of carbonyl (C=O) groups is 2. The van der Waals surface area contributed by atoms with Gasteiger partial charge >= 0.3 is 11.9 Å². The van der Waals surface area contributed by atoms with Gasteiger partial charge in [0.15, 0.2) is 0 Å². The Kier molecular flexibility index (Phi) is 9.64. The van der Waals surface area contributed by atoms with Crippen molar-refractivity contribution < 1.29 is 37.7 Å². The molecular formula is C22H28N2O8S. The molecule has 1 saturated heterocycles. The van der Waals surface area contributed by atoms with Crippen molar-refractivity contribution >= 4 is 22.0 Å². The summed E-state index contributed by atoms with van der Waals surface area (Å²) in [5.74, 6) is -2.11. The van der Waals surface area contributed by atoms with Crippen LogP contribution >= 0.6 is 0 Å². The van der Waals surface area contributed by atoms with Crippen LogP contribution in [0.3, 0.4) is 0 Å². The number of hydrogen-bond donors (Lipinski definition) is 2. The topological polar surface area (TPSA) is 134 Å². The van der Waals surface area contributed by atoms with E-state index in [4.69, 9.17) is 29.3 Å². The van der Waals surface area contributed by atoms with Gasteiger partial charge in [-0.15, -0.1) is 0 Å². The van der Waals surface area contributed by atoms with Gasteiger partial charge in [0, 0.05) is 38.3 Å². The van der Waals surface area contributed by atoms with Crippen molar-refractivity contribution in [3.05, 3.63) is 54.1 Å². The predicted molar refractivity (Wildman–Crippen MR) is 120 cm³/mol. The summed E-state index contributed by atoms with van der Waals surface area (Å²) in [6.07, 6.45) is 0. The van der Waals surface area contributed by atoms with Crippen LogP contribution in [-0.4, -0.2) is 79.7 Å². The minimum Gasteiger partial charge on any atom is -0.497 e. The molecule has 1 heterocycles. The van der Waals surface area contributed by atoms with Gasteiger partial charge in [0.2, 0.25) is 10.0 Å². The number of sulfonamides is 1. The summed E-state index contributed by atoms with van der Waals surface area (Å²) in [5, 5.41) is 14.8. The number of hydrogen-bond acceptors (Lipinski definition) is 7. The first-order valence-electron chi connectivity index (χ1n) is 10.2. The maximum atomic E-state index is 12.8. The van der Waals surface area contributed by atoms with E-state index in [9.17, 15) is 8.42 Å². The van der Waals surface area contributed by atoms with Crippen molar-refractivity contribution in [3.63, 3.8) is 0 Å². The van der Waals surface area contributed by atoms with Gasteiger partial charge in [0.25, 0.3) is 0 Å². The van der Waals surface area contributed by atoms with Crippen molar-refractivity contribution in [3.8, 4) is 11.5 Å². The van der Waals surface area contributed by atoms with E-state index in [1.54, 1.807) is 35.7 Å². The molecule has 1 aliphatic heterocycles. The van der Waals surface area contributed by atoms with Gasteiger partial charge in [0.1, 0.15) is 11.5 Å². The number of ether oxygens (including phenoxy) is 2. The smallest absolute Gasteiger partial charge is 0.414 e. The highest BCUT2D eigenvalue weighted by Gasteiger charge is 2.28. The Bertz CT molecular complexity index is 1020. The Balaban J connectivity index is 0.000000569. The van der Waals surface area contributed by atoms with E-state index in [-0.39, 0.29) is 0 Å². The Labute approximate surface area is 193 Å². The minimum absolute atomic E-state index is 0.304. The van der Waals surface area contributed by atoms with Crippen molar-refractivity contribution in [2.45, 2.75) is 18.4 Å². The summed E-state index contributed by atoms with van der Waals surface area (Å²) in [6, 6.07) is 14.5. The molecule has 11 heteroatoms. The van der Waals surface area contributed by atoms with Crippen LogP contribution in [0.1, 0.15) is 12.5 Å². The van der Waals surface area contributed by atoms with Gasteiger partial charge in [0.05, 0.1) is 18.6 Å². The first-order chi connectivity index (χ1) is 15.7. The Morgan fingerprint density at radius 2 is 1.52 bits per heavy atom. The lowest BCUT2D eigenvalue weighted by atomic mass is 10.2. The molecule has 2 aromatic carbocycles. The molecule has 2 aromatic rings. The van der Waals surface area contributed by atoms with Gasteiger partial charge in [-0.05, 0) is 37.3 Å². The number of nitrogens with zero attached hydrogens (tertiary/aromatic N) is 2. The molecule has 0 amide bonds. The SMILES string of the molecule is CCOc1ccccc1CN1CCN(S(=O)(=O)c2ccc(OC)cc2)CC1.O=C(O)C(=O)O. The standard InChI is InChI=1S/C20H26N2O4S.C2H2O4/c1-3-26-20-7-5-4-6-17(20)16-21-12-14-22(15-13-21)27(23,24)19-10-8-18(25-2)9-11-19;3-1(4)2(5)6/h4-11H,3,12-16H2,1-2H3;(H,3,4)(H,5,6). The van der Waals surface area contributed by atoms with Gasteiger partial charge < -0.3 is 19.7 Å². The quantitative estimate of drug-likeness (QED) is 0.569. The Hall–Kier alpha value is -3.15. The van der Waals surface area contributed by atoms with Crippen LogP contribution in [0.5, 0.6) is 11.5 Å². The summed E-state index contributed by atoms with van der Waals surface area (Å²) < 4.78 is 38.0. The van der Waals surface area contributed by atoms with Crippen LogP contribution in [-0.2, 0) is 26.2 Å². The fraction of sp³-hybridized carbons (Fsp3) is 0.364. The molecule has 1 fully saturated rings. The molecule has 3 rings (SSSR count). The molecular weight excluding hydrogens is 452 g/mol. The fourth-order valence-electron chi connectivity index (χ4n) is 3.20. The van der Waals surface area contributed by atoms with Crippen LogP contribution in [0.15, 0.2) is 53.4 Å². The summed E-state index contributed by atoms with van der Waals surface area (Å²) in [4.78, 5) is 20.8. The van der Waals surface area contributed by atoms with E-state index < -0.39 is 22.0 Å². The zero-order valence-corrected chi connectivity index (χ0v) is 19.3. The molecule has 0 radical (unpaired) electrons. The van der Waals surface area contributed by atoms with Crippen molar-refractivity contribution in [1.82, 2.24) is 9.21 Å². The Morgan fingerprint density at radius 3 is 2.03 bits per heavy atom. The van der Waals surface area contributed by atoms with E-state index >= 15 is 0 Å². The third-order valence-electron chi connectivity index (χ3n) is 4.88. The number of aliphatic carboxylic acids is 2. The van der Waals surface area contributed by atoms with E-state index in [1.807, 2.05) is 25.1 Å². The van der Waals surface area contributed by atoms with Gasteiger partial charge in [-0.2, -0.15) is 4.31 Å². The van der Waals surface area contributed by atoms with Crippen LogP contribution in [0.2, 0.25) is 0 Å². The highest BCUT2D eigenvalue weighted by molar-refractivity contribution is 7.89. The zero-order chi connectivity index (χ0) is 24.4. The van der Waals surface area contributed by atoms with E-state index in [0.29, 0.717) is 43.4 Å². The number of carboxylic acid groups (broad SMARTS) is 2. The van der Waals surface area contributed by atoms with Crippen molar-refractivity contribution in [2.24, 2.45) is 0 Å². The molecule has 0 atom stereocenters. The average molecular weight is 481 g/mol. The molecule has 10 nitrogen and oxygen atoms in total. The lowest BCUT2D eigenvalue weighted by molar-refractivity contribution is -0.159. The lowest BCUT2D eigenvalue weighted by Gasteiger charge is -2.34. The molecule has 0 saturated carbocycles. The summed E-state index contributed by atoms with van der Waals surface area (Å²) in [5.41, 5.74) is 1.13. The molecule has 0 aliphatic carbocycles. The second-order valence-corrected chi connectivity index (χ2v) is 8.94. The maximum absolute atomic E-state index is 12.8. The summed E-state index contributed by atoms with van der Waals surface area (Å²) in [7, 11) is -1.91. The van der Waals surface area contributed by atoms with Crippen LogP contribution in [0.4, 0.5) is 0 Å². The third kappa shape index (κ3) is 7.45. The number of benzene rings is 2. The molecule has 0 aromatic heterocycles. The number of para-hydroxylation sites is 1. The number of methoxy groups -OCH3 is 1. The highest BCUT2D eigenvalue weighted by atomic mass is 32.2. The average Bonchev–Trinajstić information content (AvgIpc) is 2.81. The third-order valence-corrected chi connectivity index (χ3v) is 6.79. The second kappa shape index (κ2) is 12.2. The van der Waals surface area contributed by atoms with Crippen molar-refractivity contribution in [2.75, 3.05) is 39.9 Å². The van der Waals surface area contributed by atoms with Gasteiger partial charge in [-0.1, -0.05) is 18.2 Å². The van der Waals surface area contributed by atoms with E-state index in [1.165, 1.54) is 0 Å². The first-order valence-corrected chi connectivity index (χ1v) is 11.7. The fourth-order valence-corrected chi connectivity index (χ4v) is 4.62. The molecule has 2 N–H and O–H groups in total. The first kappa shape index (κ1) is 26.1. The van der Waals surface area contributed by atoms with Crippen molar-refractivity contribution in [1.29, 1.82) is 0 Å². The molecule has 180 valence electrons. The van der Waals surface area contributed by atoms with Gasteiger partial charge in [-0.25, -0.2) is 18.0 Å². The summed E-state index contributed by atoms with van der Waals surface area (Å²) in [6.45, 7) is 5.69. The predicted octanol–water partition coefficient (Wildman–Crippen LogP) is 1.76. The largest absolute Gasteiger partial charge is 0.497 e. The molecule has 0 unspecified atom stereocenters. The number of rotatable bonds is 7. The lowest BCUT2D eigenvalue weighted by Crippen LogP contribution is -2.48. The van der Waals surface area contributed by atoms with Crippen LogP contribution in [0.25, 0.3) is 0 Å². The van der Waals surface area contributed by atoms with Crippen LogP contribution < -0.4 is 9.47 Å². The second-order valence-electron chi connectivity index (χ2n) is 7.01. The molecule has 33 heavy (non-hydrogen) atoms. The highest BCUT2D eigenvalue weighted by Crippen LogP contribution is 2.23. The van der Waals surface area contributed by atoms with Crippen LogP contribution in [0, 0.1) is 0 Å². The normalized spacial score (nSPS) is 14.6. The van der Waals surface area contributed by atoms with Gasteiger partial charge in [-0.3, -0.25) is 4.90 Å². The van der Waals surface area contributed by atoms with E-state index in [0.717, 1.165) is 17.9 Å². The molecule has 0 bridgehead atoms. The zero-order valence-electron chi connectivity index (χ0n) is 18.5.